The maximum absolute atomic E-state index is 11.9. The van der Waals surface area contributed by atoms with E-state index in [9.17, 15) is 9.59 Å². The number of hydrogen-bond donors (Lipinski definition) is 0. The molecule has 1 aromatic rings. The number of esters is 2. The van der Waals surface area contributed by atoms with Gasteiger partial charge < -0.3 is 9.47 Å². The summed E-state index contributed by atoms with van der Waals surface area (Å²) in [6.45, 7) is 11.4. The van der Waals surface area contributed by atoms with E-state index >= 15 is 0 Å². The minimum atomic E-state index is -0.586. The van der Waals surface area contributed by atoms with Crippen LogP contribution >= 0.6 is 0 Å². The van der Waals surface area contributed by atoms with Crippen LogP contribution in [0.15, 0.2) is 24.3 Å². The maximum atomic E-state index is 11.9. The molecule has 0 spiro atoms. The number of hydrogen-bond acceptors (Lipinski definition) is 4. The normalized spacial score (nSPS) is 11.9. The topological polar surface area (TPSA) is 52.6 Å². The smallest absolute Gasteiger partial charge is 0.344 e. The zero-order chi connectivity index (χ0) is 17.0. The highest BCUT2D eigenvalue weighted by molar-refractivity contribution is 5.90. The molecule has 0 N–H and O–H groups in total. The summed E-state index contributed by atoms with van der Waals surface area (Å²) in [6, 6.07) is 7.30. The molecule has 0 atom stereocenters. The first kappa shape index (κ1) is 18.2. The van der Waals surface area contributed by atoms with E-state index in [1.807, 2.05) is 12.1 Å². The van der Waals surface area contributed by atoms with Crippen molar-refractivity contribution in [3.63, 3.8) is 0 Å². The summed E-state index contributed by atoms with van der Waals surface area (Å²) in [5.74, 6) is -1.07. The maximum Gasteiger partial charge on any atom is 0.344 e. The number of ether oxygens (including phenoxy) is 2. The second-order valence-electron chi connectivity index (χ2n) is 6.98. The molecular formula is C18H26O4. The van der Waals surface area contributed by atoms with Crippen molar-refractivity contribution < 1.29 is 19.1 Å². The lowest BCUT2D eigenvalue weighted by atomic mass is 9.82. The molecule has 0 unspecified atom stereocenters. The van der Waals surface area contributed by atoms with E-state index < -0.39 is 17.5 Å². The van der Waals surface area contributed by atoms with Crippen molar-refractivity contribution in [2.45, 2.75) is 59.0 Å². The fourth-order valence-corrected chi connectivity index (χ4v) is 1.84. The number of benzene rings is 1. The monoisotopic (exact) mass is 306 g/mol. The first-order valence-corrected chi connectivity index (χ1v) is 7.54. The molecule has 0 saturated carbocycles. The van der Waals surface area contributed by atoms with Crippen LogP contribution in [0.3, 0.4) is 0 Å². The third kappa shape index (κ3) is 5.51. The van der Waals surface area contributed by atoms with E-state index in [4.69, 9.17) is 9.47 Å². The van der Waals surface area contributed by atoms with Crippen LogP contribution in [-0.4, -0.2) is 24.1 Å². The van der Waals surface area contributed by atoms with Crippen molar-refractivity contribution in [2.24, 2.45) is 0 Å². The zero-order valence-corrected chi connectivity index (χ0v) is 14.4. The van der Waals surface area contributed by atoms with Crippen LogP contribution in [-0.2, 0) is 19.7 Å². The summed E-state index contributed by atoms with van der Waals surface area (Å²) in [5, 5.41) is 0. The van der Waals surface area contributed by atoms with Gasteiger partial charge in [-0.3, -0.25) is 0 Å². The second kappa shape index (κ2) is 6.95. The van der Waals surface area contributed by atoms with E-state index in [0.717, 1.165) is 6.42 Å². The fourth-order valence-electron chi connectivity index (χ4n) is 1.84. The van der Waals surface area contributed by atoms with E-state index in [1.54, 1.807) is 32.9 Å². The van der Waals surface area contributed by atoms with Gasteiger partial charge in [-0.2, -0.15) is 0 Å². The number of carbonyl (C=O) groups is 2. The Kier molecular flexibility index (Phi) is 5.75. The Hall–Kier alpha value is -1.84. The summed E-state index contributed by atoms with van der Waals surface area (Å²) in [6.07, 6.45) is 1.01. The molecule has 0 heterocycles. The van der Waals surface area contributed by atoms with E-state index in [-0.39, 0.29) is 12.0 Å². The summed E-state index contributed by atoms with van der Waals surface area (Å²) >= 11 is 0. The first-order valence-electron chi connectivity index (χ1n) is 7.54. The highest BCUT2D eigenvalue weighted by atomic mass is 16.6. The van der Waals surface area contributed by atoms with Gasteiger partial charge in [-0.1, -0.05) is 32.9 Å². The van der Waals surface area contributed by atoms with E-state index in [0.29, 0.717) is 5.56 Å². The lowest BCUT2D eigenvalue weighted by Gasteiger charge is -2.23. The molecule has 22 heavy (non-hydrogen) atoms. The van der Waals surface area contributed by atoms with Crippen LogP contribution in [0.1, 0.15) is 63.9 Å². The van der Waals surface area contributed by atoms with Gasteiger partial charge in [0.2, 0.25) is 0 Å². The van der Waals surface area contributed by atoms with Gasteiger partial charge in [0.15, 0.2) is 6.61 Å². The Morgan fingerprint density at radius 2 is 1.55 bits per heavy atom. The zero-order valence-electron chi connectivity index (χ0n) is 14.4. The number of rotatable bonds is 5. The third-order valence-electron chi connectivity index (χ3n) is 3.53. The fraction of sp³-hybridized carbons (Fsp3) is 0.556. The van der Waals surface area contributed by atoms with Gasteiger partial charge >= 0.3 is 11.9 Å². The molecule has 0 amide bonds. The molecule has 0 aromatic heterocycles. The van der Waals surface area contributed by atoms with Gasteiger partial charge in [0.05, 0.1) is 5.56 Å². The van der Waals surface area contributed by atoms with E-state index in [2.05, 4.69) is 20.8 Å². The molecule has 0 fully saturated rings. The molecule has 1 aromatic carbocycles. The molecule has 122 valence electrons. The second-order valence-corrected chi connectivity index (χ2v) is 6.98. The van der Waals surface area contributed by atoms with Crippen molar-refractivity contribution in [2.75, 3.05) is 6.61 Å². The van der Waals surface area contributed by atoms with Crippen LogP contribution < -0.4 is 0 Å². The molecule has 1 rings (SSSR count). The van der Waals surface area contributed by atoms with Gasteiger partial charge in [-0.05, 0) is 50.3 Å². The molecule has 4 nitrogen and oxygen atoms in total. The quantitative estimate of drug-likeness (QED) is 0.775. The largest absolute Gasteiger partial charge is 0.457 e. The highest BCUT2D eigenvalue weighted by Gasteiger charge is 2.20. The Balaban J connectivity index is 2.62. The van der Waals surface area contributed by atoms with Crippen molar-refractivity contribution in [3.8, 4) is 0 Å². The minimum Gasteiger partial charge on any atom is -0.457 e. The predicted octanol–water partition coefficient (Wildman–Crippen LogP) is 3.87. The molecule has 4 heteroatoms. The van der Waals surface area contributed by atoms with Crippen molar-refractivity contribution in [1.82, 2.24) is 0 Å². The summed E-state index contributed by atoms with van der Waals surface area (Å²) in [5.41, 5.74) is 1.08. The van der Waals surface area contributed by atoms with Gasteiger partial charge in [0, 0.05) is 0 Å². The molecular weight excluding hydrogens is 280 g/mol. The average molecular weight is 306 g/mol. The number of carbonyl (C=O) groups excluding carboxylic acids is 2. The van der Waals surface area contributed by atoms with E-state index in [1.165, 1.54) is 5.56 Å². The van der Waals surface area contributed by atoms with Crippen LogP contribution in [0.2, 0.25) is 0 Å². The van der Waals surface area contributed by atoms with Gasteiger partial charge in [0.1, 0.15) is 5.60 Å². The van der Waals surface area contributed by atoms with Crippen LogP contribution in [0.5, 0.6) is 0 Å². The van der Waals surface area contributed by atoms with Crippen LogP contribution in [0.25, 0.3) is 0 Å². The average Bonchev–Trinajstić information content (AvgIpc) is 2.43. The summed E-state index contributed by atoms with van der Waals surface area (Å²) < 4.78 is 10.1. The van der Waals surface area contributed by atoms with Gasteiger partial charge in [-0.15, -0.1) is 0 Å². The van der Waals surface area contributed by atoms with Crippen molar-refractivity contribution >= 4 is 11.9 Å². The Morgan fingerprint density at radius 1 is 1.00 bits per heavy atom. The molecule has 0 aliphatic heterocycles. The highest BCUT2D eigenvalue weighted by Crippen LogP contribution is 2.26. The minimum absolute atomic E-state index is 0.0684. The Morgan fingerprint density at radius 3 is 2.00 bits per heavy atom. The third-order valence-corrected chi connectivity index (χ3v) is 3.53. The molecule has 0 aliphatic rings. The Labute approximate surface area is 132 Å². The molecule has 0 radical (unpaired) electrons. The molecule has 0 bridgehead atoms. The SMILES string of the molecule is CCC(C)(C)c1ccc(C(=O)OCC(=O)OC(C)(C)C)cc1. The molecule has 0 saturated heterocycles. The van der Waals surface area contributed by atoms with Gasteiger partial charge in [-0.25, -0.2) is 9.59 Å². The van der Waals surface area contributed by atoms with Crippen LogP contribution in [0, 0.1) is 0 Å². The standard InChI is InChI=1S/C18H26O4/c1-7-18(5,6)14-10-8-13(9-11-14)16(20)21-12-15(19)22-17(2,3)4/h8-11H,7,12H2,1-6H3. The van der Waals surface area contributed by atoms with Crippen LogP contribution in [0.4, 0.5) is 0 Å². The predicted molar refractivity (Wildman–Crippen MR) is 85.9 cm³/mol. The summed E-state index contributed by atoms with van der Waals surface area (Å²) in [7, 11) is 0. The molecule has 0 aliphatic carbocycles. The first-order chi connectivity index (χ1) is 10.0. The summed E-state index contributed by atoms with van der Waals surface area (Å²) in [4.78, 5) is 23.4. The van der Waals surface area contributed by atoms with Gasteiger partial charge in [0.25, 0.3) is 0 Å². The lowest BCUT2D eigenvalue weighted by molar-refractivity contribution is -0.158. The van der Waals surface area contributed by atoms with Crippen molar-refractivity contribution in [3.05, 3.63) is 35.4 Å². The lowest BCUT2D eigenvalue weighted by Crippen LogP contribution is -2.27. The van der Waals surface area contributed by atoms with Crippen molar-refractivity contribution in [1.29, 1.82) is 0 Å². The Bertz CT molecular complexity index is 521.